The highest BCUT2D eigenvalue weighted by Gasteiger charge is 2.38. The minimum atomic E-state index is -0.833. The van der Waals surface area contributed by atoms with Gasteiger partial charge in [-0.2, -0.15) is 0 Å². The van der Waals surface area contributed by atoms with Crippen molar-refractivity contribution in [3.63, 3.8) is 0 Å². The summed E-state index contributed by atoms with van der Waals surface area (Å²) in [6.07, 6.45) is 4.49. The summed E-state index contributed by atoms with van der Waals surface area (Å²) in [5.74, 6) is 1.09. The molecule has 1 saturated heterocycles. The molecule has 0 amide bonds. The molecule has 5 rings (SSSR count). The average Bonchev–Trinajstić information content (AvgIpc) is 3.45. The number of aryl methyl sites for hydroxylation is 2. The van der Waals surface area contributed by atoms with E-state index in [1.807, 2.05) is 38.1 Å². The monoisotopic (exact) mass is 488 g/mol. The number of aliphatic carboxylic acids is 1. The standard InChI is InChI=1S/C30H33FN2O3/c1-19-27(16-28(34)35)30(33-17-23-4-3-5-24(23)18-33)29(20(2)32-19)22-8-12-26(13-9-22)36-15-14-21-6-10-25(31)11-7-21/h6-13,23-24H,3-5,14-18H2,1-2H3,(H,34,35). The molecule has 2 unspecified atom stereocenters. The van der Waals surface area contributed by atoms with Crippen LogP contribution in [-0.4, -0.2) is 35.8 Å². The molecule has 188 valence electrons. The number of fused-ring (bicyclic) bond motifs is 1. The molecule has 1 aromatic heterocycles. The van der Waals surface area contributed by atoms with Gasteiger partial charge in [0.25, 0.3) is 0 Å². The molecular weight excluding hydrogens is 455 g/mol. The number of carboxylic acid groups (broad SMARTS) is 1. The summed E-state index contributed by atoms with van der Waals surface area (Å²) < 4.78 is 19.0. The zero-order valence-corrected chi connectivity index (χ0v) is 21.0. The number of benzene rings is 2. The van der Waals surface area contributed by atoms with Gasteiger partial charge in [0, 0.05) is 42.0 Å². The first-order valence-electron chi connectivity index (χ1n) is 12.8. The largest absolute Gasteiger partial charge is 0.493 e. The Kier molecular flexibility index (Phi) is 6.95. The quantitative estimate of drug-likeness (QED) is 0.422. The first-order chi connectivity index (χ1) is 17.4. The van der Waals surface area contributed by atoms with Crippen LogP contribution in [0, 0.1) is 31.5 Å². The van der Waals surface area contributed by atoms with Crippen LogP contribution in [0.5, 0.6) is 5.75 Å². The topological polar surface area (TPSA) is 62.7 Å². The molecule has 2 aliphatic rings. The smallest absolute Gasteiger partial charge is 0.307 e. The van der Waals surface area contributed by atoms with E-state index in [9.17, 15) is 14.3 Å². The summed E-state index contributed by atoms with van der Waals surface area (Å²) in [5.41, 5.74) is 6.65. The highest BCUT2D eigenvalue weighted by molar-refractivity contribution is 5.86. The van der Waals surface area contributed by atoms with Crippen LogP contribution in [-0.2, 0) is 17.6 Å². The molecule has 2 fully saturated rings. The maximum absolute atomic E-state index is 13.1. The number of carboxylic acids is 1. The molecule has 6 heteroatoms. The van der Waals surface area contributed by atoms with E-state index < -0.39 is 5.97 Å². The Morgan fingerprint density at radius 3 is 2.33 bits per heavy atom. The Labute approximate surface area is 211 Å². The number of hydrogen-bond donors (Lipinski definition) is 1. The second-order valence-electron chi connectivity index (χ2n) is 10.2. The Morgan fingerprint density at radius 2 is 1.69 bits per heavy atom. The lowest BCUT2D eigenvalue weighted by Gasteiger charge is -2.28. The minimum Gasteiger partial charge on any atom is -0.493 e. The van der Waals surface area contributed by atoms with Crippen LogP contribution in [0.25, 0.3) is 11.1 Å². The van der Waals surface area contributed by atoms with Crippen LogP contribution in [0.2, 0.25) is 0 Å². The van der Waals surface area contributed by atoms with Gasteiger partial charge in [-0.15, -0.1) is 0 Å². The van der Waals surface area contributed by atoms with Crippen molar-refractivity contribution in [3.05, 3.63) is 76.9 Å². The predicted molar refractivity (Wildman–Crippen MR) is 139 cm³/mol. The number of anilines is 1. The molecule has 0 bridgehead atoms. The molecule has 1 aliphatic heterocycles. The van der Waals surface area contributed by atoms with Gasteiger partial charge in [0.2, 0.25) is 0 Å². The lowest BCUT2D eigenvalue weighted by atomic mass is 9.95. The van der Waals surface area contributed by atoms with E-state index in [0.717, 1.165) is 58.2 Å². The van der Waals surface area contributed by atoms with Crippen LogP contribution in [0.4, 0.5) is 10.1 Å². The third-order valence-electron chi connectivity index (χ3n) is 7.74. The van der Waals surface area contributed by atoms with Gasteiger partial charge in [0.15, 0.2) is 0 Å². The minimum absolute atomic E-state index is 0.0299. The Bertz CT molecular complexity index is 1230. The van der Waals surface area contributed by atoms with Crippen molar-refractivity contribution >= 4 is 11.7 Å². The highest BCUT2D eigenvalue weighted by atomic mass is 19.1. The number of halogens is 1. The number of aromatic nitrogens is 1. The predicted octanol–water partition coefficient (Wildman–Crippen LogP) is 5.99. The number of nitrogens with zero attached hydrogens (tertiary/aromatic N) is 2. The Morgan fingerprint density at radius 1 is 1.03 bits per heavy atom. The van der Waals surface area contributed by atoms with E-state index >= 15 is 0 Å². The molecule has 1 aliphatic carbocycles. The molecule has 3 aromatic rings. The van der Waals surface area contributed by atoms with Gasteiger partial charge in [-0.3, -0.25) is 9.78 Å². The van der Waals surface area contributed by atoms with Gasteiger partial charge in [-0.25, -0.2) is 4.39 Å². The molecule has 1 N–H and O–H groups in total. The first-order valence-corrected chi connectivity index (χ1v) is 12.8. The molecular formula is C30H33FN2O3. The third kappa shape index (κ3) is 5.08. The van der Waals surface area contributed by atoms with Gasteiger partial charge in [0.05, 0.1) is 18.7 Å². The number of carbonyl (C=O) groups is 1. The average molecular weight is 489 g/mol. The molecule has 0 spiro atoms. The zero-order valence-electron chi connectivity index (χ0n) is 21.0. The second-order valence-corrected chi connectivity index (χ2v) is 10.2. The number of rotatable bonds is 8. The summed E-state index contributed by atoms with van der Waals surface area (Å²) in [4.78, 5) is 19.0. The first kappa shape index (κ1) is 24.3. The maximum Gasteiger partial charge on any atom is 0.307 e. The van der Waals surface area contributed by atoms with Crippen molar-refractivity contribution in [2.45, 2.75) is 46.0 Å². The summed E-state index contributed by atoms with van der Waals surface area (Å²) in [5, 5.41) is 9.68. The van der Waals surface area contributed by atoms with Crippen molar-refractivity contribution in [1.29, 1.82) is 0 Å². The van der Waals surface area contributed by atoms with Crippen molar-refractivity contribution in [1.82, 2.24) is 4.98 Å². The third-order valence-corrected chi connectivity index (χ3v) is 7.74. The fourth-order valence-corrected chi connectivity index (χ4v) is 6.00. The zero-order chi connectivity index (χ0) is 25.2. The van der Waals surface area contributed by atoms with E-state index in [2.05, 4.69) is 4.90 Å². The van der Waals surface area contributed by atoms with Crippen LogP contribution in [0.15, 0.2) is 48.5 Å². The summed E-state index contributed by atoms with van der Waals surface area (Å²) in [6, 6.07) is 14.5. The Hall–Kier alpha value is -3.41. The molecule has 2 atom stereocenters. The van der Waals surface area contributed by atoms with Crippen LogP contribution in [0.1, 0.15) is 41.8 Å². The molecule has 36 heavy (non-hydrogen) atoms. The second kappa shape index (κ2) is 10.3. The highest BCUT2D eigenvalue weighted by Crippen LogP contribution is 2.45. The van der Waals surface area contributed by atoms with Gasteiger partial charge in [0.1, 0.15) is 11.6 Å². The molecule has 1 saturated carbocycles. The SMILES string of the molecule is Cc1nc(C)c(-c2ccc(OCCc3ccc(F)cc3)cc2)c(N2CC3CCCC3C2)c1CC(=O)O. The van der Waals surface area contributed by atoms with Crippen LogP contribution < -0.4 is 9.64 Å². The van der Waals surface area contributed by atoms with E-state index in [-0.39, 0.29) is 12.2 Å². The van der Waals surface area contributed by atoms with Crippen molar-refractivity contribution in [2.75, 3.05) is 24.6 Å². The van der Waals surface area contributed by atoms with E-state index in [1.165, 1.54) is 31.4 Å². The lowest BCUT2D eigenvalue weighted by molar-refractivity contribution is -0.136. The van der Waals surface area contributed by atoms with Crippen molar-refractivity contribution in [2.24, 2.45) is 11.8 Å². The van der Waals surface area contributed by atoms with Crippen molar-refractivity contribution < 1.29 is 19.0 Å². The summed E-state index contributed by atoms with van der Waals surface area (Å²) >= 11 is 0. The molecule has 2 heterocycles. The molecule has 0 radical (unpaired) electrons. The molecule has 2 aromatic carbocycles. The summed E-state index contributed by atoms with van der Waals surface area (Å²) in [7, 11) is 0. The Balaban J connectivity index is 1.41. The number of hydrogen-bond acceptors (Lipinski definition) is 4. The normalized spacial score (nSPS) is 18.9. The molecule has 5 nitrogen and oxygen atoms in total. The number of pyridine rings is 1. The van der Waals surface area contributed by atoms with Gasteiger partial charge in [-0.05, 0) is 73.9 Å². The van der Waals surface area contributed by atoms with E-state index in [0.29, 0.717) is 24.9 Å². The van der Waals surface area contributed by atoms with E-state index in [4.69, 9.17) is 9.72 Å². The van der Waals surface area contributed by atoms with Crippen LogP contribution in [0.3, 0.4) is 0 Å². The number of ether oxygens (including phenoxy) is 1. The van der Waals surface area contributed by atoms with E-state index in [1.54, 1.807) is 12.1 Å². The fourth-order valence-electron chi connectivity index (χ4n) is 6.00. The van der Waals surface area contributed by atoms with Crippen LogP contribution >= 0.6 is 0 Å². The van der Waals surface area contributed by atoms with Gasteiger partial charge in [-0.1, -0.05) is 30.7 Å². The van der Waals surface area contributed by atoms with Gasteiger partial charge < -0.3 is 14.7 Å². The van der Waals surface area contributed by atoms with Crippen molar-refractivity contribution in [3.8, 4) is 16.9 Å². The fraction of sp³-hybridized carbons (Fsp3) is 0.400. The van der Waals surface area contributed by atoms with Gasteiger partial charge >= 0.3 is 5.97 Å². The lowest BCUT2D eigenvalue weighted by Crippen LogP contribution is -2.25. The maximum atomic E-state index is 13.1. The summed E-state index contributed by atoms with van der Waals surface area (Å²) in [6.45, 7) is 6.41.